The molecule has 0 radical (unpaired) electrons. The minimum Gasteiger partial charge on any atom is -0.465 e. The van der Waals surface area contributed by atoms with E-state index >= 15 is 0 Å². The predicted molar refractivity (Wildman–Crippen MR) is 128 cm³/mol. The van der Waals surface area contributed by atoms with Gasteiger partial charge in [0.05, 0.1) is 25.0 Å². The first-order valence-corrected chi connectivity index (χ1v) is 11.3. The van der Waals surface area contributed by atoms with Crippen molar-refractivity contribution in [2.45, 2.75) is 60.8 Å². The van der Waals surface area contributed by atoms with Gasteiger partial charge in [-0.2, -0.15) is 0 Å². The summed E-state index contributed by atoms with van der Waals surface area (Å²) in [6, 6.07) is 19.6. The monoisotopic (exact) mass is 438 g/mol. The average molecular weight is 439 g/mol. The second-order valence-corrected chi connectivity index (χ2v) is 11.1. The van der Waals surface area contributed by atoms with Gasteiger partial charge in [0.1, 0.15) is 0 Å². The van der Waals surface area contributed by atoms with Crippen molar-refractivity contribution in [2.24, 2.45) is 16.2 Å². The molecule has 0 saturated heterocycles. The van der Waals surface area contributed by atoms with Gasteiger partial charge in [0.25, 0.3) is 0 Å². The summed E-state index contributed by atoms with van der Waals surface area (Å²) < 4.78 is 11.4. The molecule has 0 spiro atoms. The van der Waals surface area contributed by atoms with Gasteiger partial charge in [0.15, 0.2) is 0 Å². The second-order valence-electron chi connectivity index (χ2n) is 11.1. The molecule has 0 fully saturated rings. The lowest BCUT2D eigenvalue weighted by molar-refractivity contribution is -0.166. The Morgan fingerprint density at radius 2 is 1.06 bits per heavy atom. The van der Waals surface area contributed by atoms with Crippen molar-refractivity contribution in [3.05, 3.63) is 71.8 Å². The smallest absolute Gasteiger partial charge is 0.313 e. The fourth-order valence-corrected chi connectivity index (χ4v) is 3.44. The maximum absolute atomic E-state index is 13.6. The molecule has 174 valence electrons. The van der Waals surface area contributed by atoms with Crippen molar-refractivity contribution in [1.29, 1.82) is 0 Å². The van der Waals surface area contributed by atoms with E-state index in [-0.39, 0.29) is 35.8 Å². The van der Waals surface area contributed by atoms with Crippen LogP contribution in [0, 0.1) is 16.2 Å². The molecule has 0 aliphatic carbocycles. The number of hydrogen-bond donors (Lipinski definition) is 0. The molecule has 2 aromatic rings. The van der Waals surface area contributed by atoms with E-state index in [1.807, 2.05) is 102 Å². The van der Waals surface area contributed by atoms with E-state index in [1.54, 1.807) is 0 Å². The van der Waals surface area contributed by atoms with Gasteiger partial charge in [-0.15, -0.1) is 0 Å². The van der Waals surface area contributed by atoms with Crippen molar-refractivity contribution >= 4 is 11.9 Å². The van der Waals surface area contributed by atoms with E-state index in [1.165, 1.54) is 0 Å². The lowest BCUT2D eigenvalue weighted by Gasteiger charge is -2.33. The Bertz CT molecular complexity index is 816. The number of carbonyl (C=O) groups excluding carboxylic acids is 2. The molecular weight excluding hydrogens is 400 g/mol. The fraction of sp³-hybridized carbons (Fsp3) is 0.500. The minimum atomic E-state index is -1.05. The summed E-state index contributed by atoms with van der Waals surface area (Å²) in [7, 11) is 0. The second kappa shape index (κ2) is 10.8. The number of rotatable bonds is 9. The van der Waals surface area contributed by atoms with Crippen LogP contribution in [-0.4, -0.2) is 25.2 Å². The average Bonchev–Trinajstić information content (AvgIpc) is 2.71. The van der Waals surface area contributed by atoms with Crippen LogP contribution in [0.25, 0.3) is 0 Å². The Kier molecular flexibility index (Phi) is 8.65. The van der Waals surface area contributed by atoms with Crippen molar-refractivity contribution < 1.29 is 19.1 Å². The Labute approximate surface area is 193 Å². The van der Waals surface area contributed by atoms with Crippen molar-refractivity contribution in [3.63, 3.8) is 0 Å². The van der Waals surface area contributed by atoms with Gasteiger partial charge in [-0.05, 0) is 34.8 Å². The lowest BCUT2D eigenvalue weighted by atomic mass is 9.74. The first-order chi connectivity index (χ1) is 14.9. The van der Waals surface area contributed by atoms with E-state index in [0.717, 1.165) is 11.1 Å². The highest BCUT2D eigenvalue weighted by Gasteiger charge is 2.43. The number of carbonyl (C=O) groups is 2. The highest BCUT2D eigenvalue weighted by Crippen LogP contribution is 2.35. The maximum atomic E-state index is 13.6. The van der Waals surface area contributed by atoms with Crippen LogP contribution < -0.4 is 0 Å². The van der Waals surface area contributed by atoms with Crippen LogP contribution in [0.5, 0.6) is 0 Å². The van der Waals surface area contributed by atoms with Gasteiger partial charge in [-0.1, -0.05) is 102 Å². The molecule has 0 aliphatic heterocycles. The van der Waals surface area contributed by atoms with E-state index in [9.17, 15) is 9.59 Å². The molecule has 0 unspecified atom stereocenters. The van der Waals surface area contributed by atoms with Gasteiger partial charge >= 0.3 is 11.9 Å². The first kappa shape index (κ1) is 25.6. The summed E-state index contributed by atoms with van der Waals surface area (Å²) in [6.45, 7) is 12.7. The maximum Gasteiger partial charge on any atom is 0.313 e. The third kappa shape index (κ3) is 8.86. The number of ether oxygens (including phenoxy) is 2. The van der Waals surface area contributed by atoms with Gasteiger partial charge in [-0.25, -0.2) is 0 Å². The molecule has 0 aromatic heterocycles. The molecule has 0 amide bonds. The van der Waals surface area contributed by atoms with Crippen molar-refractivity contribution in [3.8, 4) is 0 Å². The van der Waals surface area contributed by atoms with Crippen molar-refractivity contribution in [1.82, 2.24) is 0 Å². The first-order valence-electron chi connectivity index (χ1n) is 11.3. The van der Waals surface area contributed by atoms with Gasteiger partial charge in [0, 0.05) is 0 Å². The van der Waals surface area contributed by atoms with Crippen molar-refractivity contribution in [2.75, 3.05) is 13.2 Å². The number of benzene rings is 2. The summed E-state index contributed by atoms with van der Waals surface area (Å²) in [5.41, 5.74) is 0.597. The zero-order valence-corrected chi connectivity index (χ0v) is 20.4. The quantitative estimate of drug-likeness (QED) is 0.449. The highest BCUT2D eigenvalue weighted by atomic mass is 16.5. The Balaban J connectivity index is 2.41. The van der Waals surface area contributed by atoms with Gasteiger partial charge in [-0.3, -0.25) is 9.59 Å². The van der Waals surface area contributed by atoms with E-state index in [4.69, 9.17) is 9.47 Å². The van der Waals surface area contributed by atoms with Crippen LogP contribution in [0.15, 0.2) is 60.7 Å². The van der Waals surface area contributed by atoms with Crippen LogP contribution in [0.1, 0.15) is 59.1 Å². The van der Waals surface area contributed by atoms with Gasteiger partial charge < -0.3 is 9.47 Å². The molecule has 32 heavy (non-hydrogen) atoms. The summed E-state index contributed by atoms with van der Waals surface area (Å²) in [5.74, 6) is -0.729. The number of hydrogen-bond acceptors (Lipinski definition) is 4. The largest absolute Gasteiger partial charge is 0.465 e. The molecule has 0 N–H and O–H groups in total. The third-order valence-electron chi connectivity index (χ3n) is 4.99. The predicted octanol–water partition coefficient (Wildman–Crippen LogP) is 6.03. The standard InChI is InChI=1S/C28H38O4/c1-26(2,3)20-31-24(29)19-28(17-22-13-9-7-10-14-22,18-23-15-11-8-12-16-23)25(30)32-21-27(4,5)6/h7-16H,17-21H2,1-6H3. The molecule has 2 aromatic carbocycles. The van der Waals surface area contributed by atoms with E-state index in [2.05, 4.69) is 0 Å². The molecular formula is C28H38O4. The zero-order valence-electron chi connectivity index (χ0n) is 20.4. The molecule has 0 atom stereocenters. The molecule has 0 saturated carbocycles. The number of esters is 2. The summed E-state index contributed by atoms with van der Waals surface area (Å²) in [6.07, 6.45) is 0.766. The molecule has 0 heterocycles. The summed E-state index contributed by atoms with van der Waals surface area (Å²) >= 11 is 0. The molecule has 4 heteroatoms. The van der Waals surface area contributed by atoms with Crippen LogP contribution in [0.4, 0.5) is 0 Å². The molecule has 0 bridgehead atoms. The Hall–Kier alpha value is -2.62. The van der Waals surface area contributed by atoms with Crippen LogP contribution in [0.2, 0.25) is 0 Å². The molecule has 2 rings (SSSR count). The van der Waals surface area contributed by atoms with E-state index < -0.39 is 5.41 Å². The summed E-state index contributed by atoms with van der Waals surface area (Å²) in [4.78, 5) is 26.6. The van der Waals surface area contributed by atoms with Gasteiger partial charge in [0.2, 0.25) is 0 Å². The zero-order chi connectivity index (χ0) is 23.8. The normalized spacial score (nSPS) is 12.3. The van der Waals surface area contributed by atoms with Crippen LogP contribution in [0.3, 0.4) is 0 Å². The Morgan fingerprint density at radius 1 is 0.656 bits per heavy atom. The topological polar surface area (TPSA) is 52.6 Å². The van der Waals surface area contributed by atoms with Crippen LogP contribution >= 0.6 is 0 Å². The van der Waals surface area contributed by atoms with E-state index in [0.29, 0.717) is 19.4 Å². The third-order valence-corrected chi connectivity index (χ3v) is 4.99. The lowest BCUT2D eigenvalue weighted by Crippen LogP contribution is -2.41. The van der Waals surface area contributed by atoms with Crippen LogP contribution in [-0.2, 0) is 31.9 Å². The SMILES string of the molecule is CC(C)(C)COC(=O)CC(Cc1ccccc1)(Cc1ccccc1)C(=O)OCC(C)(C)C. The minimum absolute atomic E-state index is 0.0319. The molecule has 0 aliphatic rings. The fourth-order valence-electron chi connectivity index (χ4n) is 3.44. The Morgan fingerprint density at radius 3 is 1.47 bits per heavy atom. The summed E-state index contributed by atoms with van der Waals surface area (Å²) in [5, 5.41) is 0. The highest BCUT2D eigenvalue weighted by molar-refractivity contribution is 5.84. The molecule has 4 nitrogen and oxygen atoms in total.